The van der Waals surface area contributed by atoms with Crippen LogP contribution >= 0.6 is 11.6 Å². The average molecular weight is 581 g/mol. The average Bonchev–Trinajstić information content (AvgIpc) is 3.52. The van der Waals surface area contributed by atoms with Gasteiger partial charge in [0.1, 0.15) is 11.3 Å². The normalized spacial score (nSPS) is 12.4. The number of nitrogens with zero attached hydrogens (tertiary/aromatic N) is 4. The van der Waals surface area contributed by atoms with Crippen LogP contribution in [0.1, 0.15) is 23.9 Å². The molecule has 0 aliphatic carbocycles. The number of aromatic nitrogens is 3. The van der Waals surface area contributed by atoms with E-state index in [-0.39, 0.29) is 11.4 Å². The first kappa shape index (κ1) is 27.0. The largest absolute Gasteiger partial charge is 0.479 e. The molecule has 6 rings (SSSR count). The third kappa shape index (κ3) is 4.95. The molecule has 3 aromatic carbocycles. The van der Waals surface area contributed by atoms with Crippen LogP contribution in [-0.2, 0) is 4.79 Å². The van der Waals surface area contributed by atoms with Crippen LogP contribution in [0.3, 0.4) is 0 Å². The van der Waals surface area contributed by atoms with Crippen LogP contribution in [0.4, 0.5) is 0 Å². The smallest absolute Gasteiger partial charge is 0.344 e. The number of furan rings is 1. The zero-order chi connectivity index (χ0) is 29.5. The summed E-state index contributed by atoms with van der Waals surface area (Å²) in [6, 6.07) is 23.3. The number of carboxylic acid groups (broad SMARTS) is 1. The third-order valence-corrected chi connectivity index (χ3v) is 7.23. The van der Waals surface area contributed by atoms with Gasteiger partial charge in [0.25, 0.3) is 5.56 Å². The van der Waals surface area contributed by atoms with Crippen LogP contribution < -0.4 is 10.3 Å². The topological polar surface area (TPSA) is 112 Å². The Kier molecular flexibility index (Phi) is 6.88. The van der Waals surface area contributed by atoms with Gasteiger partial charge in [0.15, 0.2) is 11.9 Å². The Labute approximate surface area is 244 Å². The van der Waals surface area contributed by atoms with Crippen LogP contribution in [0.5, 0.6) is 5.75 Å². The Balaban J connectivity index is 1.40. The molecule has 0 radical (unpaired) electrons. The quantitative estimate of drug-likeness (QED) is 0.213. The van der Waals surface area contributed by atoms with E-state index in [1.54, 1.807) is 60.8 Å². The SMILES string of the molecule is Cc1cc(C=Nn2c(-c3cc4cc(Cl)ccc4o3)nc3ccccc3c2=O)c(C)n1-c1ccc(O[C@@H](C)C(=O)O)cc1. The van der Waals surface area contributed by atoms with Crippen LogP contribution in [0, 0.1) is 13.8 Å². The van der Waals surface area contributed by atoms with Crippen molar-refractivity contribution in [3.63, 3.8) is 0 Å². The Morgan fingerprint density at radius 1 is 1.07 bits per heavy atom. The number of aliphatic carboxylic acids is 1. The highest BCUT2D eigenvalue weighted by atomic mass is 35.5. The van der Waals surface area contributed by atoms with Crippen molar-refractivity contribution in [3.05, 3.63) is 111 Å². The summed E-state index contributed by atoms with van der Waals surface area (Å²) in [4.78, 5) is 29.5. The lowest BCUT2D eigenvalue weighted by atomic mass is 10.2. The molecule has 3 heterocycles. The number of aryl methyl sites for hydroxylation is 1. The first-order valence-electron chi connectivity index (χ1n) is 13.1. The van der Waals surface area contributed by atoms with E-state index >= 15 is 0 Å². The maximum Gasteiger partial charge on any atom is 0.344 e. The number of ether oxygens (including phenoxy) is 1. The van der Waals surface area contributed by atoms with Gasteiger partial charge in [-0.25, -0.2) is 9.78 Å². The van der Waals surface area contributed by atoms with Crippen molar-refractivity contribution in [3.8, 4) is 23.0 Å². The molecule has 0 spiro atoms. The maximum atomic E-state index is 13.6. The Bertz CT molecular complexity index is 2070. The molecular weight excluding hydrogens is 556 g/mol. The molecule has 10 heteroatoms. The monoisotopic (exact) mass is 580 g/mol. The van der Waals surface area contributed by atoms with Crippen LogP contribution in [0.25, 0.3) is 39.1 Å². The third-order valence-electron chi connectivity index (χ3n) is 6.99. The number of hydrogen-bond acceptors (Lipinski definition) is 6. The van der Waals surface area contributed by atoms with Gasteiger partial charge >= 0.3 is 5.97 Å². The van der Waals surface area contributed by atoms with Crippen molar-refractivity contribution < 1.29 is 19.1 Å². The highest BCUT2D eigenvalue weighted by Crippen LogP contribution is 2.29. The van der Waals surface area contributed by atoms with Gasteiger partial charge in [0.2, 0.25) is 5.82 Å². The van der Waals surface area contributed by atoms with E-state index in [0.29, 0.717) is 33.0 Å². The van der Waals surface area contributed by atoms with Crippen LogP contribution in [0.15, 0.2) is 93.2 Å². The predicted octanol–water partition coefficient (Wildman–Crippen LogP) is 6.60. The zero-order valence-electron chi connectivity index (χ0n) is 22.9. The lowest BCUT2D eigenvalue weighted by Crippen LogP contribution is -2.22. The Hall–Kier alpha value is -5.15. The van der Waals surface area contributed by atoms with E-state index in [2.05, 4.69) is 5.10 Å². The number of fused-ring (bicyclic) bond motifs is 2. The van der Waals surface area contributed by atoms with Crippen molar-refractivity contribution in [1.82, 2.24) is 14.2 Å². The standard InChI is InChI=1S/C32H25ClN4O5/c1-18-14-22(19(2)36(18)24-9-11-25(12-10-24)41-20(3)32(39)40)17-34-37-30(35-27-7-5-4-6-26(27)31(37)38)29-16-21-15-23(33)8-13-28(21)42-29/h4-17,20H,1-3H3,(H,39,40)/t20-/m0/s1. The van der Waals surface area contributed by atoms with Gasteiger partial charge in [-0.15, -0.1) is 0 Å². The van der Waals surface area contributed by atoms with Crippen LogP contribution in [0.2, 0.25) is 5.02 Å². The fourth-order valence-corrected chi connectivity index (χ4v) is 5.06. The van der Waals surface area contributed by atoms with Gasteiger partial charge < -0.3 is 18.8 Å². The fraction of sp³-hybridized carbons (Fsp3) is 0.125. The number of carbonyl (C=O) groups is 1. The lowest BCUT2D eigenvalue weighted by molar-refractivity contribution is -0.144. The summed E-state index contributed by atoms with van der Waals surface area (Å²) in [6.45, 7) is 5.40. The molecule has 0 aliphatic rings. The summed E-state index contributed by atoms with van der Waals surface area (Å²) in [6.07, 6.45) is 0.676. The molecule has 0 bridgehead atoms. The first-order valence-corrected chi connectivity index (χ1v) is 13.5. The number of para-hydroxylation sites is 1. The van der Waals surface area contributed by atoms with Gasteiger partial charge in [-0.2, -0.15) is 9.78 Å². The van der Waals surface area contributed by atoms with Gasteiger partial charge in [0.05, 0.1) is 17.1 Å². The van der Waals surface area contributed by atoms with Gasteiger partial charge in [0, 0.05) is 33.0 Å². The number of halogens is 1. The molecule has 0 fully saturated rings. The summed E-state index contributed by atoms with van der Waals surface area (Å²) in [5.41, 5.74) is 4.33. The Morgan fingerprint density at radius 2 is 1.83 bits per heavy atom. The number of carboxylic acids is 1. The highest BCUT2D eigenvalue weighted by molar-refractivity contribution is 6.31. The minimum absolute atomic E-state index is 0.266. The maximum absolute atomic E-state index is 13.6. The second-order valence-corrected chi connectivity index (χ2v) is 10.3. The minimum Gasteiger partial charge on any atom is -0.479 e. The molecule has 3 aromatic heterocycles. The van der Waals surface area contributed by atoms with E-state index in [0.717, 1.165) is 28.0 Å². The van der Waals surface area contributed by atoms with Crippen molar-refractivity contribution in [2.45, 2.75) is 26.9 Å². The van der Waals surface area contributed by atoms with E-state index in [9.17, 15) is 9.59 Å². The number of hydrogen-bond donors (Lipinski definition) is 1. The molecule has 1 N–H and O–H groups in total. The molecule has 210 valence electrons. The zero-order valence-corrected chi connectivity index (χ0v) is 23.7. The van der Waals surface area contributed by atoms with Crippen molar-refractivity contribution in [2.75, 3.05) is 0 Å². The molecule has 0 aliphatic heterocycles. The lowest BCUT2D eigenvalue weighted by Gasteiger charge is -2.13. The summed E-state index contributed by atoms with van der Waals surface area (Å²) in [5.74, 6) is 0.0784. The van der Waals surface area contributed by atoms with E-state index in [1.807, 2.05) is 42.7 Å². The molecule has 9 nitrogen and oxygen atoms in total. The molecule has 42 heavy (non-hydrogen) atoms. The summed E-state index contributed by atoms with van der Waals surface area (Å²) < 4.78 is 14.8. The molecule has 0 saturated carbocycles. The van der Waals surface area contributed by atoms with E-state index in [1.165, 1.54) is 11.6 Å². The van der Waals surface area contributed by atoms with Crippen molar-refractivity contribution in [1.29, 1.82) is 0 Å². The highest BCUT2D eigenvalue weighted by Gasteiger charge is 2.18. The second-order valence-electron chi connectivity index (χ2n) is 9.86. The molecule has 1 atom stereocenters. The van der Waals surface area contributed by atoms with Gasteiger partial charge in [-0.05, 0) is 87.5 Å². The molecule has 0 unspecified atom stereocenters. The van der Waals surface area contributed by atoms with Gasteiger partial charge in [-0.1, -0.05) is 23.7 Å². The van der Waals surface area contributed by atoms with Gasteiger partial charge in [-0.3, -0.25) is 4.79 Å². The summed E-state index contributed by atoms with van der Waals surface area (Å²) in [7, 11) is 0. The first-order chi connectivity index (χ1) is 20.2. The minimum atomic E-state index is -1.03. The summed E-state index contributed by atoms with van der Waals surface area (Å²) in [5, 5.41) is 15.5. The molecular formula is C32H25ClN4O5. The fourth-order valence-electron chi connectivity index (χ4n) is 4.88. The van der Waals surface area contributed by atoms with E-state index in [4.69, 9.17) is 30.8 Å². The summed E-state index contributed by atoms with van der Waals surface area (Å²) >= 11 is 6.17. The van der Waals surface area contributed by atoms with Crippen molar-refractivity contribution >= 4 is 45.7 Å². The predicted molar refractivity (Wildman–Crippen MR) is 162 cm³/mol. The molecule has 0 amide bonds. The Morgan fingerprint density at radius 3 is 2.60 bits per heavy atom. The van der Waals surface area contributed by atoms with Crippen LogP contribution in [-0.4, -0.2) is 37.6 Å². The second kappa shape index (κ2) is 10.7. The molecule has 6 aromatic rings. The number of rotatable bonds is 7. The van der Waals surface area contributed by atoms with Crippen molar-refractivity contribution in [2.24, 2.45) is 5.10 Å². The van der Waals surface area contributed by atoms with E-state index < -0.39 is 12.1 Å². The molecule has 0 saturated heterocycles. The number of benzene rings is 3.